The number of nitriles is 2. The number of aliphatic hydroxyl groups excluding tert-OH is 3. The second kappa shape index (κ2) is 19.1. The molecule has 0 radical (unpaired) electrons. The molecule has 0 saturated heterocycles. The third-order valence-corrected chi connectivity index (χ3v) is 4.56. The van der Waals surface area contributed by atoms with E-state index in [2.05, 4.69) is 9.98 Å². The van der Waals surface area contributed by atoms with Gasteiger partial charge >= 0.3 is 0 Å². The summed E-state index contributed by atoms with van der Waals surface area (Å²) in [6, 6.07) is 3.80. The summed E-state index contributed by atoms with van der Waals surface area (Å²) < 4.78 is 0. The zero-order valence-corrected chi connectivity index (χ0v) is 19.7. The van der Waals surface area contributed by atoms with Crippen molar-refractivity contribution in [3.05, 3.63) is 24.3 Å². The Morgan fingerprint density at radius 1 is 0.853 bits per heavy atom. The molecule has 0 heterocycles. The predicted molar refractivity (Wildman–Crippen MR) is 128 cm³/mol. The second-order valence-electron chi connectivity index (χ2n) is 6.95. The van der Waals surface area contributed by atoms with Crippen LogP contribution in [0.2, 0.25) is 0 Å². The quantitative estimate of drug-likeness (QED) is 0.254. The van der Waals surface area contributed by atoms with Crippen molar-refractivity contribution < 1.29 is 24.9 Å². The molecule has 0 aromatic carbocycles. The smallest absolute Gasteiger partial charge is 0.243 e. The molecule has 0 spiro atoms. The van der Waals surface area contributed by atoms with Crippen LogP contribution < -0.4 is 0 Å². The highest BCUT2D eigenvalue weighted by Crippen LogP contribution is 2.05. The van der Waals surface area contributed by atoms with Crippen LogP contribution in [0.5, 0.6) is 0 Å². The van der Waals surface area contributed by atoms with Crippen LogP contribution in [-0.2, 0) is 9.59 Å². The van der Waals surface area contributed by atoms with Gasteiger partial charge in [0.2, 0.25) is 11.8 Å². The molecule has 0 aliphatic carbocycles. The minimum atomic E-state index is -0.989. The molecule has 2 amide bonds. The first kappa shape index (κ1) is 30.6. The standard InChI is InChI=1S/C23H34N6O5/c1-3-28(11-13-30)22(33)19(15-24)7-5-9-26-17-21(32)18-27-10-6-8-20(16-25)23(34)29(4-2)12-14-31/h5-10,19-21,30-32H,3-4,11-14,17-18H2,1-2H3/b7-5+,8-6+,26-9?,27-10?. The van der Waals surface area contributed by atoms with Gasteiger partial charge in [-0.3, -0.25) is 19.6 Å². The lowest BCUT2D eigenvalue weighted by Gasteiger charge is -2.20. The van der Waals surface area contributed by atoms with Crippen molar-refractivity contribution in [3.8, 4) is 12.1 Å². The molecule has 0 saturated carbocycles. The first-order chi connectivity index (χ1) is 16.4. The summed E-state index contributed by atoms with van der Waals surface area (Å²) in [5.41, 5.74) is 0. The molecule has 0 aromatic heterocycles. The maximum absolute atomic E-state index is 12.2. The van der Waals surface area contributed by atoms with Crippen LogP contribution in [0.4, 0.5) is 0 Å². The van der Waals surface area contributed by atoms with Gasteiger partial charge in [-0.25, -0.2) is 0 Å². The van der Waals surface area contributed by atoms with Crippen molar-refractivity contribution in [3.63, 3.8) is 0 Å². The Morgan fingerprint density at radius 3 is 1.53 bits per heavy atom. The van der Waals surface area contributed by atoms with Crippen molar-refractivity contribution >= 4 is 24.2 Å². The molecule has 2 atom stereocenters. The Kier molecular flexibility index (Phi) is 17.2. The SMILES string of the molecule is CCN(CCO)C(=O)C(C#N)/C=C/C=NCC(O)CN=C/C=C/C(C#N)C(=O)N(CC)CCO. The molecule has 0 bridgehead atoms. The van der Waals surface area contributed by atoms with Crippen LogP contribution >= 0.6 is 0 Å². The summed E-state index contributed by atoms with van der Waals surface area (Å²) in [5.74, 6) is -2.78. The van der Waals surface area contributed by atoms with E-state index in [-0.39, 0.29) is 39.4 Å². The zero-order chi connectivity index (χ0) is 25.8. The maximum Gasteiger partial charge on any atom is 0.243 e. The minimum absolute atomic E-state index is 0.0497. The van der Waals surface area contributed by atoms with Crippen LogP contribution in [0.1, 0.15) is 13.8 Å². The number of aliphatic hydroxyl groups is 3. The minimum Gasteiger partial charge on any atom is -0.395 e. The number of likely N-dealkylation sites (N-methyl/N-ethyl adjacent to an activating group) is 2. The van der Waals surface area contributed by atoms with E-state index >= 15 is 0 Å². The van der Waals surface area contributed by atoms with Crippen molar-refractivity contribution in [2.45, 2.75) is 20.0 Å². The van der Waals surface area contributed by atoms with E-state index in [1.54, 1.807) is 13.8 Å². The lowest BCUT2D eigenvalue weighted by atomic mass is 10.1. The number of rotatable bonds is 16. The summed E-state index contributed by atoms with van der Waals surface area (Å²) in [7, 11) is 0. The number of allylic oxidation sites excluding steroid dienone is 2. The van der Waals surface area contributed by atoms with Crippen molar-refractivity contribution in [1.82, 2.24) is 9.80 Å². The van der Waals surface area contributed by atoms with Gasteiger partial charge < -0.3 is 25.1 Å². The van der Waals surface area contributed by atoms with Crippen molar-refractivity contribution in [2.75, 3.05) is 52.5 Å². The molecular weight excluding hydrogens is 440 g/mol. The number of hydrogen-bond acceptors (Lipinski definition) is 9. The Morgan fingerprint density at radius 2 is 1.24 bits per heavy atom. The Labute approximate surface area is 200 Å². The fourth-order valence-corrected chi connectivity index (χ4v) is 2.71. The van der Waals surface area contributed by atoms with Gasteiger partial charge in [-0.1, -0.05) is 12.2 Å². The summed E-state index contributed by atoms with van der Waals surface area (Å²) in [5, 5.41) is 46.2. The zero-order valence-electron chi connectivity index (χ0n) is 19.7. The predicted octanol–water partition coefficient (Wildman–Crippen LogP) is -0.438. The van der Waals surface area contributed by atoms with Gasteiger partial charge in [-0.05, 0) is 26.0 Å². The summed E-state index contributed by atoms with van der Waals surface area (Å²) >= 11 is 0. The molecule has 0 aliphatic heterocycles. The topological polar surface area (TPSA) is 174 Å². The summed E-state index contributed by atoms with van der Waals surface area (Å²) in [6.07, 6.45) is 7.59. The number of nitrogens with zero attached hydrogens (tertiary/aromatic N) is 6. The van der Waals surface area contributed by atoms with Crippen molar-refractivity contribution in [1.29, 1.82) is 10.5 Å². The lowest BCUT2D eigenvalue weighted by Crippen LogP contribution is -2.37. The van der Waals surface area contributed by atoms with E-state index in [1.807, 2.05) is 12.1 Å². The first-order valence-electron chi connectivity index (χ1n) is 11.0. The van der Waals surface area contributed by atoms with E-state index in [0.717, 1.165) is 0 Å². The molecule has 0 aromatic rings. The van der Waals surface area contributed by atoms with Crippen LogP contribution in [0.3, 0.4) is 0 Å². The molecule has 11 nitrogen and oxygen atoms in total. The third kappa shape index (κ3) is 12.0. The number of carbonyl (C=O) groups excluding carboxylic acids is 2. The van der Waals surface area contributed by atoms with Crippen molar-refractivity contribution in [2.24, 2.45) is 21.8 Å². The summed E-state index contributed by atoms with van der Waals surface area (Å²) in [4.78, 5) is 35.2. The molecule has 0 aliphatic rings. The van der Waals surface area contributed by atoms with Crippen LogP contribution in [0, 0.1) is 34.5 Å². The van der Waals surface area contributed by atoms with E-state index in [9.17, 15) is 25.2 Å². The van der Waals surface area contributed by atoms with Gasteiger partial charge in [0.1, 0.15) is 11.8 Å². The second-order valence-corrected chi connectivity index (χ2v) is 6.95. The number of carbonyl (C=O) groups is 2. The number of hydrogen-bond donors (Lipinski definition) is 3. The van der Waals surface area contributed by atoms with Gasteiger partial charge in [0.05, 0.1) is 44.5 Å². The highest BCUT2D eigenvalue weighted by molar-refractivity contribution is 5.85. The molecule has 3 N–H and O–H groups in total. The molecule has 0 fully saturated rings. The number of aliphatic imine (C=N–C) groups is 2. The van der Waals surface area contributed by atoms with E-state index in [4.69, 9.17) is 10.2 Å². The molecule has 186 valence electrons. The lowest BCUT2D eigenvalue weighted by molar-refractivity contribution is -0.133. The van der Waals surface area contributed by atoms with Gasteiger partial charge in [0.15, 0.2) is 0 Å². The fourth-order valence-electron chi connectivity index (χ4n) is 2.71. The summed E-state index contributed by atoms with van der Waals surface area (Å²) in [6.45, 7) is 4.34. The van der Waals surface area contributed by atoms with Gasteiger partial charge in [0.25, 0.3) is 0 Å². The molecule has 34 heavy (non-hydrogen) atoms. The highest BCUT2D eigenvalue weighted by Gasteiger charge is 2.21. The third-order valence-electron chi connectivity index (χ3n) is 4.56. The normalized spacial score (nSPS) is 14.3. The average Bonchev–Trinajstić information content (AvgIpc) is 2.84. The van der Waals surface area contributed by atoms with Crippen LogP contribution in [0.25, 0.3) is 0 Å². The maximum atomic E-state index is 12.2. The molecular formula is C23H34N6O5. The van der Waals surface area contributed by atoms with Gasteiger partial charge in [0, 0.05) is 38.6 Å². The highest BCUT2D eigenvalue weighted by atomic mass is 16.3. The first-order valence-corrected chi connectivity index (χ1v) is 11.0. The average molecular weight is 475 g/mol. The van der Waals surface area contributed by atoms with E-state index in [1.165, 1.54) is 46.5 Å². The molecule has 2 unspecified atom stereocenters. The fraction of sp³-hybridized carbons (Fsp3) is 0.565. The van der Waals surface area contributed by atoms with Crippen LogP contribution in [-0.4, -0.2) is 108 Å². The Balaban J connectivity index is 4.59. The van der Waals surface area contributed by atoms with E-state index in [0.29, 0.717) is 13.1 Å². The van der Waals surface area contributed by atoms with E-state index < -0.39 is 29.8 Å². The Hall–Kier alpha value is -3.38. The van der Waals surface area contributed by atoms with Gasteiger partial charge in [-0.2, -0.15) is 10.5 Å². The molecule has 0 rings (SSSR count). The monoisotopic (exact) mass is 474 g/mol. The van der Waals surface area contributed by atoms with Gasteiger partial charge in [-0.15, -0.1) is 0 Å². The Bertz CT molecular complexity index is 746. The number of amides is 2. The molecule has 11 heteroatoms. The van der Waals surface area contributed by atoms with Crippen LogP contribution in [0.15, 0.2) is 34.3 Å². The largest absolute Gasteiger partial charge is 0.395 e.